The monoisotopic (exact) mass is 318 g/mol. The van der Waals surface area contributed by atoms with Gasteiger partial charge in [0.2, 0.25) is 0 Å². The van der Waals surface area contributed by atoms with Crippen LogP contribution in [0.15, 0.2) is 24.3 Å². The van der Waals surface area contributed by atoms with E-state index >= 15 is 0 Å². The topological polar surface area (TPSA) is 24.1 Å². The zero-order valence-electron chi connectivity index (χ0n) is 12.1. The fraction of sp³-hybridized carbons (Fsp3) is 0.533. The molecule has 21 heavy (non-hydrogen) atoms. The highest BCUT2D eigenvalue weighted by atomic mass is 32.1. The molecule has 0 heterocycles. The Morgan fingerprint density at radius 1 is 1.10 bits per heavy atom. The molecule has 0 unspecified atom stereocenters. The summed E-state index contributed by atoms with van der Waals surface area (Å²) in [6.45, 7) is 2.82. The van der Waals surface area contributed by atoms with E-state index in [-0.39, 0.29) is 10.8 Å². The Bertz CT molecular complexity index is 447. The number of nitrogens with one attached hydrogen (secondary N) is 2. The van der Waals surface area contributed by atoms with Crippen molar-refractivity contribution in [1.82, 2.24) is 5.32 Å². The van der Waals surface area contributed by atoms with E-state index in [1.54, 1.807) is 6.07 Å². The molecule has 0 amide bonds. The first kappa shape index (κ1) is 17.8. The van der Waals surface area contributed by atoms with Gasteiger partial charge in [0, 0.05) is 6.54 Å². The van der Waals surface area contributed by atoms with Gasteiger partial charge >= 0.3 is 6.18 Å². The zero-order valence-corrected chi connectivity index (χ0v) is 12.9. The van der Waals surface area contributed by atoms with Crippen molar-refractivity contribution in [3.05, 3.63) is 29.8 Å². The highest BCUT2D eigenvalue weighted by Gasteiger charge is 2.33. The van der Waals surface area contributed by atoms with Crippen LogP contribution in [0.2, 0.25) is 0 Å². The van der Waals surface area contributed by atoms with E-state index in [1.165, 1.54) is 31.4 Å². The van der Waals surface area contributed by atoms with Gasteiger partial charge in [-0.2, -0.15) is 13.2 Å². The third kappa shape index (κ3) is 6.80. The number of anilines is 1. The molecule has 0 spiro atoms. The molecule has 6 heteroatoms. The molecule has 118 valence electrons. The summed E-state index contributed by atoms with van der Waals surface area (Å²) in [4.78, 5) is 0. The Labute approximate surface area is 129 Å². The summed E-state index contributed by atoms with van der Waals surface area (Å²) in [5, 5.41) is 5.78. The van der Waals surface area contributed by atoms with E-state index in [2.05, 4.69) is 17.6 Å². The van der Waals surface area contributed by atoms with E-state index in [0.29, 0.717) is 6.54 Å². The summed E-state index contributed by atoms with van der Waals surface area (Å²) >= 11 is 5.03. The smallest absolute Gasteiger partial charge is 0.362 e. The van der Waals surface area contributed by atoms with Gasteiger partial charge < -0.3 is 10.6 Å². The molecule has 0 aliphatic rings. The molecular weight excluding hydrogens is 297 g/mol. The predicted octanol–water partition coefficient (Wildman–Crippen LogP) is 4.96. The summed E-state index contributed by atoms with van der Waals surface area (Å²) in [6, 6.07) is 5.32. The minimum absolute atomic E-state index is 0.0199. The fourth-order valence-corrected chi connectivity index (χ4v) is 2.15. The fourth-order valence-electron chi connectivity index (χ4n) is 1.94. The maximum atomic E-state index is 12.8. The first-order valence-corrected chi connectivity index (χ1v) is 7.57. The standard InChI is InChI=1S/C15H21F3N2S/c1-2-3-4-5-8-11-19-14(21)20-13-10-7-6-9-12(13)15(16,17)18/h6-7,9-10H,2-5,8,11H2,1H3,(H2,19,20,21). The van der Waals surface area contributed by atoms with Crippen LogP contribution in [0.5, 0.6) is 0 Å². The summed E-state index contributed by atoms with van der Waals surface area (Å²) in [5.41, 5.74) is -0.731. The van der Waals surface area contributed by atoms with Gasteiger partial charge in [-0.1, -0.05) is 44.7 Å². The SMILES string of the molecule is CCCCCCCNC(=S)Nc1ccccc1C(F)(F)F. The van der Waals surface area contributed by atoms with Crippen LogP contribution in [-0.2, 0) is 6.18 Å². The molecule has 0 bridgehead atoms. The maximum Gasteiger partial charge on any atom is 0.418 e. The van der Waals surface area contributed by atoms with Crippen LogP contribution in [0.3, 0.4) is 0 Å². The maximum absolute atomic E-state index is 12.8. The van der Waals surface area contributed by atoms with E-state index in [0.717, 1.165) is 18.9 Å². The van der Waals surface area contributed by atoms with Gasteiger partial charge in [-0.3, -0.25) is 0 Å². The molecule has 0 saturated heterocycles. The van der Waals surface area contributed by atoms with Gasteiger partial charge in [0.25, 0.3) is 0 Å². The van der Waals surface area contributed by atoms with Crippen molar-refractivity contribution in [3.8, 4) is 0 Å². The Morgan fingerprint density at radius 3 is 2.43 bits per heavy atom. The molecule has 1 aromatic carbocycles. The van der Waals surface area contributed by atoms with Crippen LogP contribution < -0.4 is 10.6 Å². The third-order valence-electron chi connectivity index (χ3n) is 3.05. The lowest BCUT2D eigenvalue weighted by Crippen LogP contribution is -2.30. The van der Waals surface area contributed by atoms with Gasteiger partial charge in [-0.25, -0.2) is 0 Å². The molecule has 0 radical (unpaired) electrons. The molecule has 2 N–H and O–H groups in total. The second kappa shape index (κ2) is 8.87. The molecule has 1 aromatic rings. The van der Waals surface area contributed by atoms with Crippen molar-refractivity contribution in [1.29, 1.82) is 0 Å². The highest BCUT2D eigenvalue weighted by Crippen LogP contribution is 2.34. The Kier molecular flexibility index (Phi) is 7.50. The molecule has 0 saturated carbocycles. The number of thiocarbonyl (C=S) groups is 1. The van der Waals surface area contributed by atoms with Gasteiger partial charge in [0.1, 0.15) is 0 Å². The lowest BCUT2D eigenvalue weighted by Gasteiger charge is -2.15. The molecule has 0 aliphatic heterocycles. The molecule has 0 fully saturated rings. The summed E-state index contributed by atoms with van der Waals surface area (Å²) < 4.78 is 38.5. The Balaban J connectivity index is 2.42. The van der Waals surface area contributed by atoms with Crippen LogP contribution in [-0.4, -0.2) is 11.7 Å². The van der Waals surface area contributed by atoms with E-state index in [4.69, 9.17) is 12.2 Å². The quantitative estimate of drug-likeness (QED) is 0.549. The van der Waals surface area contributed by atoms with Crippen LogP contribution in [0.1, 0.15) is 44.6 Å². The van der Waals surface area contributed by atoms with Gasteiger partial charge in [0.15, 0.2) is 5.11 Å². The van der Waals surface area contributed by atoms with Crippen molar-refractivity contribution in [3.63, 3.8) is 0 Å². The van der Waals surface area contributed by atoms with Crippen molar-refractivity contribution in [2.45, 2.75) is 45.2 Å². The minimum Gasteiger partial charge on any atom is -0.362 e. The van der Waals surface area contributed by atoms with Crippen molar-refractivity contribution < 1.29 is 13.2 Å². The number of rotatable bonds is 7. The predicted molar refractivity (Wildman–Crippen MR) is 84.4 cm³/mol. The number of benzene rings is 1. The zero-order chi connectivity index (χ0) is 15.7. The molecule has 1 rings (SSSR count). The summed E-state index contributed by atoms with van der Waals surface area (Å²) in [5.74, 6) is 0. The first-order chi connectivity index (χ1) is 9.95. The van der Waals surface area contributed by atoms with Crippen LogP contribution >= 0.6 is 12.2 Å². The summed E-state index contributed by atoms with van der Waals surface area (Å²) in [7, 11) is 0. The summed E-state index contributed by atoms with van der Waals surface area (Å²) in [6.07, 6.45) is 1.24. The second-order valence-electron chi connectivity index (χ2n) is 4.84. The first-order valence-electron chi connectivity index (χ1n) is 7.16. The lowest BCUT2D eigenvalue weighted by molar-refractivity contribution is -0.136. The Hall–Kier alpha value is -1.30. The van der Waals surface area contributed by atoms with E-state index in [9.17, 15) is 13.2 Å². The van der Waals surface area contributed by atoms with Crippen molar-refractivity contribution in [2.75, 3.05) is 11.9 Å². The van der Waals surface area contributed by atoms with Crippen molar-refractivity contribution in [2.24, 2.45) is 0 Å². The number of alkyl halides is 3. The average molecular weight is 318 g/mol. The molecule has 0 aromatic heterocycles. The van der Waals surface area contributed by atoms with Crippen LogP contribution in [0.25, 0.3) is 0 Å². The molecule has 0 atom stereocenters. The number of para-hydroxylation sites is 1. The largest absolute Gasteiger partial charge is 0.418 e. The van der Waals surface area contributed by atoms with Crippen LogP contribution in [0, 0.1) is 0 Å². The van der Waals surface area contributed by atoms with E-state index in [1.807, 2.05) is 0 Å². The second-order valence-corrected chi connectivity index (χ2v) is 5.25. The van der Waals surface area contributed by atoms with Gasteiger partial charge in [-0.05, 0) is 30.8 Å². The third-order valence-corrected chi connectivity index (χ3v) is 3.29. The number of hydrogen-bond donors (Lipinski definition) is 2. The number of unbranched alkanes of at least 4 members (excludes halogenated alkanes) is 4. The average Bonchev–Trinajstić information content (AvgIpc) is 2.42. The lowest BCUT2D eigenvalue weighted by atomic mass is 10.1. The number of hydrogen-bond acceptors (Lipinski definition) is 1. The normalized spacial score (nSPS) is 11.2. The van der Waals surface area contributed by atoms with Gasteiger partial charge in [-0.15, -0.1) is 0 Å². The Morgan fingerprint density at radius 2 is 1.76 bits per heavy atom. The van der Waals surface area contributed by atoms with Crippen LogP contribution in [0.4, 0.5) is 18.9 Å². The molecule has 0 aliphatic carbocycles. The van der Waals surface area contributed by atoms with Crippen molar-refractivity contribution >= 4 is 23.0 Å². The highest BCUT2D eigenvalue weighted by molar-refractivity contribution is 7.80. The minimum atomic E-state index is -4.39. The van der Waals surface area contributed by atoms with E-state index < -0.39 is 11.7 Å². The number of halogens is 3. The molecular formula is C15H21F3N2S. The van der Waals surface area contributed by atoms with Gasteiger partial charge in [0.05, 0.1) is 11.3 Å². The molecule has 2 nitrogen and oxygen atoms in total.